The molecule has 0 atom stereocenters. The van der Waals surface area contributed by atoms with E-state index in [1.54, 1.807) is 0 Å². The monoisotopic (exact) mass is 370 g/mol. The summed E-state index contributed by atoms with van der Waals surface area (Å²) >= 11 is 0. The third kappa shape index (κ3) is 10.1. The summed E-state index contributed by atoms with van der Waals surface area (Å²) in [7, 11) is -8.85. The van der Waals surface area contributed by atoms with Crippen LogP contribution in [0.5, 0.6) is 0 Å². The predicted octanol–water partition coefficient (Wildman–Crippen LogP) is 3.92. The zero-order valence-corrected chi connectivity index (χ0v) is 19.5. The van der Waals surface area contributed by atoms with Gasteiger partial charge in [0.2, 0.25) is 0 Å². The zero-order valence-electron chi connectivity index (χ0n) is 15.5. The van der Waals surface area contributed by atoms with Gasteiger partial charge in [-0.25, -0.2) is 0 Å². The number of hydrogen-bond donors (Lipinski definition) is 0. The van der Waals surface area contributed by atoms with Gasteiger partial charge >= 0.3 is 25.9 Å². The molecule has 0 rings (SSSR count). The molecular weight excluding hydrogens is 336 g/mol. The van der Waals surface area contributed by atoms with Gasteiger partial charge in [-0.15, -0.1) is 0 Å². The maximum Gasteiger partial charge on any atom is 0.488 e. The highest BCUT2D eigenvalue weighted by atomic mass is 28.5. The minimum Gasteiger partial charge on any atom is -0.437 e. The van der Waals surface area contributed by atoms with Crippen molar-refractivity contribution in [2.24, 2.45) is 0 Å². The van der Waals surface area contributed by atoms with Crippen molar-refractivity contribution in [3.63, 3.8) is 0 Å². The molecule has 0 aromatic carbocycles. The van der Waals surface area contributed by atoms with Gasteiger partial charge in [-0.3, -0.25) is 0 Å². The zero-order chi connectivity index (χ0) is 16.9. The molecule has 0 radical (unpaired) electrons. The van der Waals surface area contributed by atoms with Gasteiger partial charge in [0, 0.05) is 19.8 Å². The van der Waals surface area contributed by atoms with E-state index in [0.717, 1.165) is 0 Å². The average molecular weight is 371 g/mol. The van der Waals surface area contributed by atoms with Crippen LogP contribution in [-0.2, 0) is 21.2 Å². The van der Waals surface area contributed by atoms with E-state index in [4.69, 9.17) is 21.2 Å². The molecular formula is C12H34O5Si4. The lowest BCUT2D eigenvalue weighted by Gasteiger charge is -2.39. The molecule has 0 saturated heterocycles. The average Bonchev–Trinajstić information content (AvgIpc) is 2.08. The van der Waals surface area contributed by atoms with Crippen molar-refractivity contribution >= 4 is 34.2 Å². The van der Waals surface area contributed by atoms with Gasteiger partial charge in [0.15, 0.2) is 8.32 Å². The Kier molecular flexibility index (Phi) is 8.23. The maximum absolute atomic E-state index is 6.33. The number of hydrogen-bond acceptors (Lipinski definition) is 5. The van der Waals surface area contributed by atoms with Gasteiger partial charge < -0.3 is 21.2 Å². The van der Waals surface area contributed by atoms with Crippen LogP contribution < -0.4 is 0 Å². The summed E-state index contributed by atoms with van der Waals surface area (Å²) in [5.41, 5.74) is 0. The summed E-state index contributed by atoms with van der Waals surface area (Å²) in [5.74, 6) is 0. The lowest BCUT2D eigenvalue weighted by Crippen LogP contribution is -2.58. The van der Waals surface area contributed by atoms with Crippen LogP contribution in [0.2, 0.25) is 52.4 Å². The van der Waals surface area contributed by atoms with Crippen LogP contribution in [0.4, 0.5) is 0 Å². The molecule has 0 aromatic rings. The van der Waals surface area contributed by atoms with Gasteiger partial charge in [0.25, 0.3) is 0 Å². The summed E-state index contributed by atoms with van der Waals surface area (Å²) in [6.07, 6.45) is 0. The van der Waals surface area contributed by atoms with Crippen LogP contribution in [-0.4, -0.2) is 47.5 Å². The highest BCUT2D eigenvalue weighted by Gasteiger charge is 2.46. The van der Waals surface area contributed by atoms with Crippen molar-refractivity contribution in [2.45, 2.75) is 66.2 Å². The summed E-state index contributed by atoms with van der Waals surface area (Å²) in [6, 6.07) is 0. The summed E-state index contributed by atoms with van der Waals surface area (Å²) in [6.45, 7) is 21.8. The van der Waals surface area contributed by atoms with E-state index in [9.17, 15) is 0 Å². The van der Waals surface area contributed by atoms with Crippen LogP contribution >= 0.6 is 0 Å². The van der Waals surface area contributed by atoms with E-state index in [-0.39, 0.29) is 0 Å². The SMILES string of the molecule is CCO[Si](C)(OCC)O[Si](C)(C)O[Si](C)(C)O[Si](C)(C)C. The van der Waals surface area contributed by atoms with Crippen molar-refractivity contribution in [3.8, 4) is 0 Å². The summed E-state index contributed by atoms with van der Waals surface area (Å²) < 4.78 is 30.3. The van der Waals surface area contributed by atoms with E-state index in [1.165, 1.54) is 0 Å². The van der Waals surface area contributed by atoms with E-state index in [2.05, 4.69) is 32.7 Å². The molecule has 0 fully saturated rings. The minimum absolute atomic E-state index is 0.583. The fourth-order valence-corrected chi connectivity index (χ4v) is 19.3. The minimum atomic E-state index is -2.63. The fraction of sp³-hybridized carbons (Fsp3) is 1.00. The van der Waals surface area contributed by atoms with Crippen LogP contribution in [0.15, 0.2) is 0 Å². The molecule has 0 heterocycles. The third-order valence-corrected chi connectivity index (χ3v) is 15.7. The molecule has 0 aromatic heterocycles. The summed E-state index contributed by atoms with van der Waals surface area (Å²) in [4.78, 5) is 0. The van der Waals surface area contributed by atoms with E-state index < -0.39 is 34.2 Å². The van der Waals surface area contributed by atoms with Gasteiger partial charge in [-0.1, -0.05) is 0 Å². The molecule has 5 nitrogen and oxygen atoms in total. The van der Waals surface area contributed by atoms with Gasteiger partial charge in [0.1, 0.15) is 0 Å². The van der Waals surface area contributed by atoms with Crippen LogP contribution in [0.25, 0.3) is 0 Å². The predicted molar refractivity (Wildman–Crippen MR) is 96.4 cm³/mol. The van der Waals surface area contributed by atoms with Crippen molar-refractivity contribution in [2.75, 3.05) is 13.2 Å². The molecule has 0 aliphatic rings. The fourth-order valence-electron chi connectivity index (χ4n) is 2.44. The van der Waals surface area contributed by atoms with Crippen LogP contribution in [0.3, 0.4) is 0 Å². The smallest absolute Gasteiger partial charge is 0.437 e. The second kappa shape index (κ2) is 7.97. The normalized spacial score (nSPS) is 14.6. The first kappa shape index (κ1) is 21.7. The lowest BCUT2D eigenvalue weighted by atomic mass is 10.9. The quantitative estimate of drug-likeness (QED) is 0.545. The Morgan fingerprint density at radius 2 is 0.952 bits per heavy atom. The van der Waals surface area contributed by atoms with Gasteiger partial charge in [0.05, 0.1) is 0 Å². The standard InChI is InChI=1S/C12H34O5Si4/c1-11-13-21(10,14-12-2)17-20(8,9)16-19(6,7)15-18(3,4)5/h11-12H2,1-10H3. The van der Waals surface area contributed by atoms with E-state index >= 15 is 0 Å². The Hall–Kier alpha value is 0.668. The van der Waals surface area contributed by atoms with Crippen molar-refractivity contribution < 1.29 is 21.2 Å². The Morgan fingerprint density at radius 1 is 0.571 bits per heavy atom. The highest BCUT2D eigenvalue weighted by molar-refractivity contribution is 6.87. The van der Waals surface area contributed by atoms with Crippen molar-refractivity contribution in [3.05, 3.63) is 0 Å². The molecule has 0 saturated carbocycles. The van der Waals surface area contributed by atoms with Crippen molar-refractivity contribution in [1.29, 1.82) is 0 Å². The first-order valence-corrected chi connectivity index (χ1v) is 18.9. The van der Waals surface area contributed by atoms with E-state index in [1.807, 2.05) is 33.5 Å². The van der Waals surface area contributed by atoms with Crippen LogP contribution in [0, 0.1) is 0 Å². The van der Waals surface area contributed by atoms with Crippen molar-refractivity contribution in [1.82, 2.24) is 0 Å². The first-order valence-electron chi connectivity index (χ1n) is 7.62. The molecule has 0 N–H and O–H groups in total. The first-order chi connectivity index (χ1) is 9.24. The molecule has 0 aliphatic carbocycles. The third-order valence-electron chi connectivity index (χ3n) is 2.29. The van der Waals surface area contributed by atoms with Gasteiger partial charge in [-0.2, -0.15) is 0 Å². The lowest BCUT2D eigenvalue weighted by molar-refractivity contribution is 0.111. The molecule has 9 heteroatoms. The molecule has 0 unspecified atom stereocenters. The Morgan fingerprint density at radius 3 is 1.29 bits per heavy atom. The molecule has 0 aliphatic heterocycles. The molecule has 128 valence electrons. The highest BCUT2D eigenvalue weighted by Crippen LogP contribution is 2.24. The largest absolute Gasteiger partial charge is 0.488 e. The topological polar surface area (TPSA) is 46.2 Å². The van der Waals surface area contributed by atoms with E-state index in [0.29, 0.717) is 13.2 Å². The molecule has 0 bridgehead atoms. The second-order valence-corrected chi connectivity index (χ2v) is 21.5. The summed E-state index contributed by atoms with van der Waals surface area (Å²) in [5, 5.41) is 0. The maximum atomic E-state index is 6.33. The van der Waals surface area contributed by atoms with Crippen LogP contribution in [0.1, 0.15) is 13.8 Å². The molecule has 21 heavy (non-hydrogen) atoms. The molecule has 0 amide bonds. The van der Waals surface area contributed by atoms with Gasteiger partial charge in [-0.05, 0) is 59.7 Å². The molecule has 0 spiro atoms. The second-order valence-electron chi connectivity index (χ2n) is 6.95. The Labute approximate surface area is 135 Å². The Balaban J connectivity index is 4.87. The Bertz CT molecular complexity index is 311. The number of rotatable bonds is 10.